The maximum absolute atomic E-state index is 11.9. The molecule has 1 amide bonds. The zero-order valence-corrected chi connectivity index (χ0v) is 12.7. The van der Waals surface area contributed by atoms with Crippen molar-refractivity contribution < 1.29 is 4.79 Å². The van der Waals surface area contributed by atoms with Crippen LogP contribution < -0.4 is 22.4 Å². The minimum atomic E-state index is -0.198. The number of nitrogen functional groups attached to an aromatic ring is 2. The van der Waals surface area contributed by atoms with Gasteiger partial charge in [0.25, 0.3) is 5.95 Å². The fourth-order valence-corrected chi connectivity index (χ4v) is 2.35. The van der Waals surface area contributed by atoms with Crippen molar-refractivity contribution in [2.45, 2.75) is 12.1 Å². The van der Waals surface area contributed by atoms with Gasteiger partial charge in [0.15, 0.2) is 0 Å². The molecule has 21 heavy (non-hydrogen) atoms. The molecule has 8 nitrogen and oxygen atoms in total. The van der Waals surface area contributed by atoms with Crippen LogP contribution in [0.3, 0.4) is 0 Å². The number of nitrogens with zero attached hydrogens (tertiary/aromatic N) is 3. The standard InChI is InChI=1S/C11H14ClN7OS/c1-6-2-3-7(12)4-8(6)15-9(20)5-21-11-18-17-10(16-13)19(11)14/h2-4H,5,13-14H2,1H3,(H,15,20)(H,16,17). The molecule has 10 heteroatoms. The summed E-state index contributed by atoms with van der Waals surface area (Å²) < 4.78 is 1.17. The van der Waals surface area contributed by atoms with Gasteiger partial charge in [0.1, 0.15) is 0 Å². The van der Waals surface area contributed by atoms with Crippen LogP contribution in [0.1, 0.15) is 5.56 Å². The Bertz CT molecular complexity index is 660. The first kappa shape index (κ1) is 15.4. The van der Waals surface area contributed by atoms with Crippen LogP contribution in [-0.2, 0) is 4.79 Å². The fraction of sp³-hybridized carbons (Fsp3) is 0.182. The summed E-state index contributed by atoms with van der Waals surface area (Å²) in [7, 11) is 0. The fourth-order valence-electron chi connectivity index (χ4n) is 1.52. The predicted octanol–water partition coefficient (Wildman–Crippen LogP) is 0.970. The van der Waals surface area contributed by atoms with Gasteiger partial charge in [-0.05, 0) is 24.6 Å². The number of amides is 1. The Morgan fingerprint density at radius 2 is 2.24 bits per heavy atom. The Labute approximate surface area is 130 Å². The molecular weight excluding hydrogens is 314 g/mol. The number of aromatic nitrogens is 3. The quantitative estimate of drug-likeness (QED) is 0.366. The summed E-state index contributed by atoms with van der Waals surface area (Å²) >= 11 is 7.04. The van der Waals surface area contributed by atoms with Gasteiger partial charge in [0, 0.05) is 10.7 Å². The molecule has 6 N–H and O–H groups in total. The molecule has 0 bridgehead atoms. The van der Waals surface area contributed by atoms with Gasteiger partial charge in [-0.3, -0.25) is 10.2 Å². The second kappa shape index (κ2) is 6.66. The monoisotopic (exact) mass is 327 g/mol. The number of halogens is 1. The average molecular weight is 328 g/mol. The van der Waals surface area contributed by atoms with E-state index in [4.69, 9.17) is 23.3 Å². The van der Waals surface area contributed by atoms with E-state index in [1.165, 1.54) is 4.68 Å². The summed E-state index contributed by atoms with van der Waals surface area (Å²) in [6.07, 6.45) is 0. The van der Waals surface area contributed by atoms with Crippen LogP contribution in [0, 0.1) is 6.92 Å². The summed E-state index contributed by atoms with van der Waals surface area (Å²) in [5, 5.41) is 11.2. The predicted molar refractivity (Wildman–Crippen MR) is 83.5 cm³/mol. The van der Waals surface area contributed by atoms with Crippen molar-refractivity contribution in [2.24, 2.45) is 5.84 Å². The molecular formula is C11H14ClN7OS. The van der Waals surface area contributed by atoms with E-state index < -0.39 is 0 Å². The molecule has 0 aliphatic rings. The van der Waals surface area contributed by atoms with E-state index in [1.54, 1.807) is 12.1 Å². The summed E-state index contributed by atoms with van der Waals surface area (Å²) in [6.45, 7) is 1.88. The van der Waals surface area contributed by atoms with Crippen LogP contribution >= 0.6 is 23.4 Å². The van der Waals surface area contributed by atoms with Gasteiger partial charge < -0.3 is 11.2 Å². The van der Waals surface area contributed by atoms with Crippen molar-refractivity contribution in [3.8, 4) is 0 Å². The lowest BCUT2D eigenvalue weighted by atomic mass is 10.2. The van der Waals surface area contributed by atoms with E-state index in [-0.39, 0.29) is 17.6 Å². The normalized spacial score (nSPS) is 10.4. The Balaban J connectivity index is 1.96. The van der Waals surface area contributed by atoms with Crippen LogP contribution in [-0.4, -0.2) is 26.5 Å². The number of hydrogen-bond donors (Lipinski definition) is 4. The van der Waals surface area contributed by atoms with Crippen LogP contribution in [0.2, 0.25) is 5.02 Å². The van der Waals surface area contributed by atoms with Gasteiger partial charge in [-0.2, -0.15) is 0 Å². The van der Waals surface area contributed by atoms with Gasteiger partial charge in [0.05, 0.1) is 5.75 Å². The van der Waals surface area contributed by atoms with Crippen LogP contribution in [0.25, 0.3) is 0 Å². The number of nitrogens with one attached hydrogen (secondary N) is 2. The highest BCUT2D eigenvalue weighted by Gasteiger charge is 2.12. The molecule has 112 valence electrons. The van der Waals surface area contributed by atoms with Crippen molar-refractivity contribution in [3.63, 3.8) is 0 Å². The van der Waals surface area contributed by atoms with E-state index in [9.17, 15) is 4.79 Å². The number of carbonyl (C=O) groups is 1. The number of carbonyl (C=O) groups excluding carboxylic acids is 1. The van der Waals surface area contributed by atoms with Crippen molar-refractivity contribution in [3.05, 3.63) is 28.8 Å². The number of hydrazine groups is 1. The van der Waals surface area contributed by atoms with E-state index >= 15 is 0 Å². The topological polar surface area (TPSA) is 124 Å². The number of nitrogens with two attached hydrogens (primary N) is 2. The summed E-state index contributed by atoms with van der Waals surface area (Å²) in [6, 6.07) is 5.29. The lowest BCUT2D eigenvalue weighted by molar-refractivity contribution is -0.113. The van der Waals surface area contributed by atoms with E-state index in [0.29, 0.717) is 15.9 Å². The highest BCUT2D eigenvalue weighted by molar-refractivity contribution is 7.99. The van der Waals surface area contributed by atoms with Gasteiger partial charge in [0.2, 0.25) is 11.1 Å². The molecule has 0 spiro atoms. The SMILES string of the molecule is Cc1ccc(Cl)cc1NC(=O)CSc1nnc(NN)n1N. The summed E-state index contributed by atoms with van der Waals surface area (Å²) in [5.41, 5.74) is 3.89. The Morgan fingerprint density at radius 1 is 1.48 bits per heavy atom. The first-order valence-electron chi connectivity index (χ1n) is 5.87. The van der Waals surface area contributed by atoms with Crippen molar-refractivity contribution in [1.29, 1.82) is 0 Å². The minimum Gasteiger partial charge on any atom is -0.334 e. The van der Waals surface area contributed by atoms with E-state index in [1.807, 2.05) is 13.0 Å². The molecule has 0 radical (unpaired) electrons. The van der Waals surface area contributed by atoms with Crippen LogP contribution in [0.5, 0.6) is 0 Å². The first-order valence-corrected chi connectivity index (χ1v) is 7.23. The molecule has 0 aliphatic heterocycles. The number of benzene rings is 1. The number of aryl methyl sites for hydroxylation is 1. The maximum atomic E-state index is 11.9. The van der Waals surface area contributed by atoms with Gasteiger partial charge >= 0.3 is 0 Å². The molecule has 2 rings (SSSR count). The van der Waals surface area contributed by atoms with E-state index in [0.717, 1.165) is 17.3 Å². The molecule has 0 saturated heterocycles. The minimum absolute atomic E-state index is 0.131. The van der Waals surface area contributed by atoms with Crippen LogP contribution in [0.4, 0.5) is 11.6 Å². The molecule has 1 heterocycles. The number of anilines is 2. The third-order valence-electron chi connectivity index (χ3n) is 2.60. The Morgan fingerprint density at radius 3 is 2.90 bits per heavy atom. The smallest absolute Gasteiger partial charge is 0.258 e. The van der Waals surface area contributed by atoms with Gasteiger partial charge in [-0.1, -0.05) is 29.4 Å². The average Bonchev–Trinajstić information content (AvgIpc) is 2.81. The third-order valence-corrected chi connectivity index (χ3v) is 3.78. The van der Waals surface area contributed by atoms with Crippen molar-refractivity contribution >= 4 is 40.9 Å². The second-order valence-corrected chi connectivity index (χ2v) is 5.50. The third kappa shape index (κ3) is 3.78. The number of thioether (sulfide) groups is 1. The largest absolute Gasteiger partial charge is 0.334 e. The van der Waals surface area contributed by atoms with Crippen LogP contribution in [0.15, 0.2) is 23.4 Å². The lowest BCUT2D eigenvalue weighted by Gasteiger charge is -2.08. The molecule has 0 saturated carbocycles. The molecule has 0 atom stereocenters. The molecule has 0 unspecified atom stereocenters. The highest BCUT2D eigenvalue weighted by atomic mass is 35.5. The number of hydrogen-bond acceptors (Lipinski definition) is 7. The van der Waals surface area contributed by atoms with Crippen molar-refractivity contribution in [2.75, 3.05) is 22.3 Å². The molecule has 2 aromatic rings. The van der Waals surface area contributed by atoms with Crippen molar-refractivity contribution in [1.82, 2.24) is 14.9 Å². The Hall–Kier alpha value is -1.97. The second-order valence-electron chi connectivity index (χ2n) is 4.12. The highest BCUT2D eigenvalue weighted by Crippen LogP contribution is 2.21. The van der Waals surface area contributed by atoms with E-state index in [2.05, 4.69) is 20.9 Å². The summed E-state index contributed by atoms with van der Waals surface area (Å²) in [4.78, 5) is 11.9. The Kier molecular flexibility index (Phi) is 4.89. The molecule has 0 fully saturated rings. The first-order chi connectivity index (χ1) is 10.0. The van der Waals surface area contributed by atoms with Gasteiger partial charge in [-0.15, -0.1) is 10.2 Å². The zero-order chi connectivity index (χ0) is 15.4. The van der Waals surface area contributed by atoms with Gasteiger partial charge in [-0.25, -0.2) is 10.5 Å². The summed E-state index contributed by atoms with van der Waals surface area (Å²) in [5.74, 6) is 11.0. The molecule has 1 aromatic heterocycles. The number of rotatable bonds is 5. The lowest BCUT2D eigenvalue weighted by Crippen LogP contribution is -2.19. The molecule has 1 aromatic carbocycles. The zero-order valence-electron chi connectivity index (χ0n) is 11.1. The maximum Gasteiger partial charge on any atom is 0.258 e. The molecule has 0 aliphatic carbocycles.